The van der Waals surface area contributed by atoms with Gasteiger partial charge in [0.1, 0.15) is 6.61 Å². The lowest BCUT2D eigenvalue weighted by Crippen LogP contribution is -2.41. The van der Waals surface area contributed by atoms with E-state index in [-0.39, 0.29) is 18.6 Å². The molecule has 0 N–H and O–H groups in total. The van der Waals surface area contributed by atoms with Gasteiger partial charge in [0.05, 0.1) is 11.7 Å². The van der Waals surface area contributed by atoms with Crippen LogP contribution in [0, 0.1) is 26.2 Å². The van der Waals surface area contributed by atoms with Crippen LogP contribution in [0.1, 0.15) is 18.1 Å². The molecule has 0 radical (unpaired) electrons. The molecule has 3 nitrogen and oxygen atoms in total. The number of anilines is 1. The van der Waals surface area contributed by atoms with E-state index in [9.17, 15) is 4.79 Å². The van der Waals surface area contributed by atoms with Crippen LogP contribution in [0.4, 0.5) is 5.69 Å². The molecule has 0 spiro atoms. The molecule has 1 amide bonds. The first-order valence-electron chi connectivity index (χ1n) is 5.86. The summed E-state index contributed by atoms with van der Waals surface area (Å²) in [5.41, 5.74) is 2.94. The van der Waals surface area contributed by atoms with Gasteiger partial charge in [0.15, 0.2) is 0 Å². The van der Waals surface area contributed by atoms with Crippen LogP contribution < -0.4 is 4.90 Å². The number of terminal acetylenes is 1. The Morgan fingerprint density at radius 1 is 1.44 bits per heavy atom. The molecular formula is C15H19NO2. The molecule has 1 aromatic carbocycles. The van der Waals surface area contributed by atoms with Crippen molar-refractivity contribution in [3.8, 4) is 12.3 Å². The summed E-state index contributed by atoms with van der Waals surface area (Å²) >= 11 is 0. The summed E-state index contributed by atoms with van der Waals surface area (Å²) in [5.74, 6) is 2.48. The van der Waals surface area contributed by atoms with Crippen molar-refractivity contribution in [1.29, 1.82) is 0 Å². The SMILES string of the molecule is C#CC(C)N(C(=O)COC)c1c(C)cccc1C. The number of para-hydroxylation sites is 1. The van der Waals surface area contributed by atoms with E-state index in [1.54, 1.807) is 4.90 Å². The average Bonchev–Trinajstić information content (AvgIpc) is 2.33. The van der Waals surface area contributed by atoms with E-state index >= 15 is 0 Å². The maximum atomic E-state index is 12.2. The van der Waals surface area contributed by atoms with Gasteiger partial charge < -0.3 is 4.74 Å². The number of hydrogen-bond acceptors (Lipinski definition) is 2. The zero-order chi connectivity index (χ0) is 13.7. The van der Waals surface area contributed by atoms with Crippen LogP contribution in [-0.2, 0) is 9.53 Å². The van der Waals surface area contributed by atoms with Crippen molar-refractivity contribution in [2.75, 3.05) is 18.6 Å². The highest BCUT2D eigenvalue weighted by Gasteiger charge is 2.23. The van der Waals surface area contributed by atoms with Gasteiger partial charge in [-0.25, -0.2) is 0 Å². The summed E-state index contributed by atoms with van der Waals surface area (Å²) < 4.78 is 4.92. The quantitative estimate of drug-likeness (QED) is 0.762. The summed E-state index contributed by atoms with van der Waals surface area (Å²) in [5, 5.41) is 0. The summed E-state index contributed by atoms with van der Waals surface area (Å²) in [7, 11) is 1.50. The minimum absolute atomic E-state index is 0.0276. The first kappa shape index (κ1) is 14.3. The first-order valence-corrected chi connectivity index (χ1v) is 5.86. The first-order chi connectivity index (χ1) is 8.52. The summed E-state index contributed by atoms with van der Waals surface area (Å²) in [6.45, 7) is 5.80. The van der Waals surface area contributed by atoms with Gasteiger partial charge >= 0.3 is 0 Å². The van der Waals surface area contributed by atoms with Gasteiger partial charge in [0.2, 0.25) is 0 Å². The van der Waals surface area contributed by atoms with E-state index in [1.807, 2.05) is 39.0 Å². The summed E-state index contributed by atoms with van der Waals surface area (Å²) in [6.07, 6.45) is 5.46. The number of rotatable bonds is 4. The van der Waals surface area contributed by atoms with Gasteiger partial charge in [-0.15, -0.1) is 6.42 Å². The molecule has 1 rings (SSSR count). The third-order valence-corrected chi connectivity index (χ3v) is 2.85. The molecule has 0 aliphatic carbocycles. The zero-order valence-corrected chi connectivity index (χ0v) is 11.4. The number of benzene rings is 1. The fourth-order valence-corrected chi connectivity index (χ4v) is 1.99. The van der Waals surface area contributed by atoms with Crippen molar-refractivity contribution in [3.63, 3.8) is 0 Å². The molecule has 0 fully saturated rings. The van der Waals surface area contributed by atoms with Crippen molar-refractivity contribution >= 4 is 11.6 Å². The smallest absolute Gasteiger partial charge is 0.254 e. The third kappa shape index (κ3) is 2.91. The van der Waals surface area contributed by atoms with Gasteiger partial charge in [-0.1, -0.05) is 24.1 Å². The molecule has 18 heavy (non-hydrogen) atoms. The Kier molecular flexibility index (Phi) is 4.94. The Morgan fingerprint density at radius 3 is 2.44 bits per heavy atom. The monoisotopic (exact) mass is 245 g/mol. The minimum atomic E-state index is -0.299. The molecular weight excluding hydrogens is 226 g/mol. The number of carbonyl (C=O) groups excluding carboxylic acids is 1. The van der Waals surface area contributed by atoms with E-state index in [0.717, 1.165) is 16.8 Å². The molecule has 0 saturated heterocycles. The number of nitrogens with zero attached hydrogens (tertiary/aromatic N) is 1. The Bertz CT molecular complexity index is 454. The molecule has 1 aromatic rings. The number of carbonyl (C=O) groups is 1. The Labute approximate surface area is 109 Å². The second kappa shape index (κ2) is 6.23. The van der Waals surface area contributed by atoms with E-state index in [0.29, 0.717) is 0 Å². The van der Waals surface area contributed by atoms with Crippen LogP contribution in [0.25, 0.3) is 0 Å². The van der Waals surface area contributed by atoms with Crippen molar-refractivity contribution < 1.29 is 9.53 Å². The average molecular weight is 245 g/mol. The molecule has 0 bridgehead atoms. The molecule has 0 heterocycles. The Balaban J connectivity index is 3.27. The van der Waals surface area contributed by atoms with Gasteiger partial charge in [-0.2, -0.15) is 0 Å². The molecule has 0 saturated carbocycles. The lowest BCUT2D eigenvalue weighted by molar-refractivity contribution is -0.122. The normalized spacial score (nSPS) is 11.7. The van der Waals surface area contributed by atoms with E-state index in [2.05, 4.69) is 5.92 Å². The highest BCUT2D eigenvalue weighted by atomic mass is 16.5. The third-order valence-electron chi connectivity index (χ3n) is 2.85. The van der Waals surface area contributed by atoms with Crippen LogP contribution in [0.3, 0.4) is 0 Å². The van der Waals surface area contributed by atoms with E-state index < -0.39 is 0 Å². The number of ether oxygens (including phenoxy) is 1. The highest BCUT2D eigenvalue weighted by Crippen LogP contribution is 2.26. The minimum Gasteiger partial charge on any atom is -0.375 e. The highest BCUT2D eigenvalue weighted by molar-refractivity contribution is 5.96. The molecule has 0 aromatic heterocycles. The molecule has 0 aliphatic rings. The summed E-state index contributed by atoms with van der Waals surface area (Å²) in [4.78, 5) is 13.8. The van der Waals surface area contributed by atoms with Crippen molar-refractivity contribution in [3.05, 3.63) is 29.3 Å². The standard InChI is InChI=1S/C15H19NO2/c1-6-13(4)16(14(17)10-18-5)15-11(2)8-7-9-12(15)3/h1,7-9,13H,10H2,2-5H3. The number of methoxy groups -OCH3 is 1. The molecule has 1 atom stereocenters. The van der Waals surface area contributed by atoms with Crippen molar-refractivity contribution in [2.45, 2.75) is 26.8 Å². The number of aryl methyl sites for hydroxylation is 2. The van der Waals surface area contributed by atoms with Gasteiger partial charge in [0, 0.05) is 7.11 Å². The van der Waals surface area contributed by atoms with Crippen LogP contribution in [0.15, 0.2) is 18.2 Å². The molecule has 96 valence electrons. The van der Waals surface area contributed by atoms with Gasteiger partial charge in [-0.05, 0) is 31.9 Å². The van der Waals surface area contributed by atoms with E-state index in [4.69, 9.17) is 11.2 Å². The fraction of sp³-hybridized carbons (Fsp3) is 0.400. The second-order valence-electron chi connectivity index (χ2n) is 4.28. The van der Waals surface area contributed by atoms with Crippen molar-refractivity contribution in [1.82, 2.24) is 0 Å². The maximum Gasteiger partial charge on any atom is 0.254 e. The summed E-state index contributed by atoms with van der Waals surface area (Å²) in [6, 6.07) is 5.61. The predicted molar refractivity (Wildman–Crippen MR) is 73.6 cm³/mol. The Morgan fingerprint density at radius 2 is 2.00 bits per heavy atom. The van der Waals surface area contributed by atoms with Crippen LogP contribution in [0.5, 0.6) is 0 Å². The lowest BCUT2D eigenvalue weighted by atomic mass is 10.1. The number of hydrogen-bond donors (Lipinski definition) is 0. The second-order valence-corrected chi connectivity index (χ2v) is 4.28. The largest absolute Gasteiger partial charge is 0.375 e. The molecule has 1 unspecified atom stereocenters. The fourth-order valence-electron chi connectivity index (χ4n) is 1.99. The maximum absolute atomic E-state index is 12.2. The molecule has 3 heteroatoms. The van der Waals surface area contributed by atoms with Crippen LogP contribution in [0.2, 0.25) is 0 Å². The van der Waals surface area contributed by atoms with Crippen LogP contribution >= 0.6 is 0 Å². The van der Waals surface area contributed by atoms with Gasteiger partial charge in [0.25, 0.3) is 5.91 Å². The van der Waals surface area contributed by atoms with E-state index in [1.165, 1.54) is 7.11 Å². The predicted octanol–water partition coefficient (Wildman–Crippen LogP) is 2.30. The lowest BCUT2D eigenvalue weighted by Gasteiger charge is -2.29. The van der Waals surface area contributed by atoms with Crippen LogP contribution in [-0.4, -0.2) is 25.7 Å². The van der Waals surface area contributed by atoms with Gasteiger partial charge in [-0.3, -0.25) is 9.69 Å². The topological polar surface area (TPSA) is 29.5 Å². The van der Waals surface area contributed by atoms with Crippen molar-refractivity contribution in [2.24, 2.45) is 0 Å². The zero-order valence-electron chi connectivity index (χ0n) is 11.4. The Hall–Kier alpha value is -1.79. The number of amides is 1. The molecule has 0 aliphatic heterocycles.